The fourth-order valence-corrected chi connectivity index (χ4v) is 1.96. The second-order valence-electron chi connectivity index (χ2n) is 3.29. The predicted octanol–water partition coefficient (Wildman–Crippen LogP) is 2.23. The van der Waals surface area contributed by atoms with Crippen LogP contribution in [-0.4, -0.2) is 13.7 Å². The lowest BCUT2D eigenvalue weighted by Crippen LogP contribution is -2.21. The minimum atomic E-state index is 0.0775. The third-order valence-electron chi connectivity index (χ3n) is 2.37. The number of halogens is 1. The van der Waals surface area contributed by atoms with Gasteiger partial charge in [-0.05, 0) is 18.6 Å². The van der Waals surface area contributed by atoms with E-state index >= 15 is 0 Å². The van der Waals surface area contributed by atoms with Crippen LogP contribution in [0.25, 0.3) is 0 Å². The summed E-state index contributed by atoms with van der Waals surface area (Å²) in [5, 5.41) is 0.658. The summed E-state index contributed by atoms with van der Waals surface area (Å²) < 4.78 is 5.50. The minimum absolute atomic E-state index is 0.0775. The average Bonchev–Trinajstić information content (AvgIpc) is 2.58. The maximum absolute atomic E-state index is 6.01. The molecular weight excluding hydrogens is 202 g/mol. The molecule has 14 heavy (non-hydrogen) atoms. The van der Waals surface area contributed by atoms with Crippen LogP contribution in [0, 0.1) is 6.92 Å². The fraction of sp³-hybridized carbons (Fsp3) is 0.400. The normalized spacial score (nSPS) is 19.2. The molecule has 76 valence electrons. The summed E-state index contributed by atoms with van der Waals surface area (Å²) in [5.74, 6) is 0.779. The molecule has 1 heterocycles. The van der Waals surface area contributed by atoms with Gasteiger partial charge in [-0.3, -0.25) is 0 Å². The molecule has 2 rings (SSSR count). The zero-order valence-corrected chi connectivity index (χ0v) is 8.89. The number of ether oxygens (including phenoxy) is 1. The Morgan fingerprint density at radius 2 is 2.36 bits per heavy atom. The molecule has 0 saturated carbocycles. The van der Waals surface area contributed by atoms with E-state index in [1.807, 2.05) is 19.1 Å². The summed E-state index contributed by atoms with van der Waals surface area (Å²) in [6.07, 6.45) is 0. The fourth-order valence-electron chi connectivity index (χ4n) is 1.74. The van der Waals surface area contributed by atoms with Gasteiger partial charge in [-0.2, -0.15) is 5.48 Å². The molecule has 1 unspecified atom stereocenters. The first kappa shape index (κ1) is 9.77. The second kappa shape index (κ2) is 3.77. The van der Waals surface area contributed by atoms with Crippen LogP contribution in [0.2, 0.25) is 5.02 Å². The number of rotatable bonds is 2. The molecule has 0 radical (unpaired) electrons. The Morgan fingerprint density at radius 3 is 3.07 bits per heavy atom. The number of fused-ring (bicyclic) bond motifs is 1. The molecule has 1 N–H and O–H groups in total. The highest BCUT2D eigenvalue weighted by Crippen LogP contribution is 2.40. The van der Waals surface area contributed by atoms with Crippen LogP contribution in [0.15, 0.2) is 12.1 Å². The number of hydrogen-bond acceptors (Lipinski definition) is 3. The van der Waals surface area contributed by atoms with Gasteiger partial charge in [0.2, 0.25) is 0 Å². The maximum atomic E-state index is 6.01. The Balaban J connectivity index is 2.42. The van der Waals surface area contributed by atoms with E-state index in [0.29, 0.717) is 11.6 Å². The van der Waals surface area contributed by atoms with E-state index in [9.17, 15) is 0 Å². The van der Waals surface area contributed by atoms with Crippen molar-refractivity contribution in [1.82, 2.24) is 5.48 Å². The van der Waals surface area contributed by atoms with E-state index < -0.39 is 0 Å². The van der Waals surface area contributed by atoms with Gasteiger partial charge >= 0.3 is 0 Å². The van der Waals surface area contributed by atoms with Crippen molar-refractivity contribution in [1.29, 1.82) is 0 Å². The third kappa shape index (κ3) is 1.47. The number of hydrogen-bond donors (Lipinski definition) is 1. The molecular formula is C10H12ClNO2. The molecule has 3 nitrogen and oxygen atoms in total. The molecule has 1 aromatic rings. The zero-order chi connectivity index (χ0) is 10.1. The van der Waals surface area contributed by atoms with Crippen molar-refractivity contribution in [2.75, 3.05) is 13.7 Å². The summed E-state index contributed by atoms with van der Waals surface area (Å²) in [6.45, 7) is 2.60. The number of aryl methyl sites for hydroxylation is 1. The Bertz CT molecular complexity index is 354. The largest absolute Gasteiger partial charge is 0.490 e. The highest BCUT2D eigenvalue weighted by atomic mass is 35.5. The number of nitrogens with one attached hydrogen (secondary N) is 1. The molecule has 1 aliphatic heterocycles. The molecule has 0 aromatic heterocycles. The molecule has 0 bridgehead atoms. The monoisotopic (exact) mass is 213 g/mol. The smallest absolute Gasteiger partial charge is 0.143 e. The average molecular weight is 214 g/mol. The Kier molecular flexibility index (Phi) is 2.63. The van der Waals surface area contributed by atoms with Crippen LogP contribution < -0.4 is 10.2 Å². The Hall–Kier alpha value is -0.770. The van der Waals surface area contributed by atoms with Crippen molar-refractivity contribution < 1.29 is 9.57 Å². The van der Waals surface area contributed by atoms with Gasteiger partial charge in [-0.15, -0.1) is 0 Å². The van der Waals surface area contributed by atoms with Crippen LogP contribution in [0.1, 0.15) is 17.2 Å². The first-order valence-corrected chi connectivity index (χ1v) is 4.82. The number of benzene rings is 1. The Labute approximate surface area is 87.9 Å². The van der Waals surface area contributed by atoms with Gasteiger partial charge < -0.3 is 9.57 Å². The lowest BCUT2D eigenvalue weighted by molar-refractivity contribution is 0.0534. The third-order valence-corrected chi connectivity index (χ3v) is 2.67. The van der Waals surface area contributed by atoms with Crippen LogP contribution >= 0.6 is 11.6 Å². The van der Waals surface area contributed by atoms with Gasteiger partial charge in [0, 0.05) is 5.56 Å². The standard InChI is InChI=1S/C10H12ClNO2/c1-6-3-4-7(11)10-9(6)8(5-14-10)12-13-2/h3-4,8,12H,5H2,1-2H3. The van der Waals surface area contributed by atoms with Crippen LogP contribution in [0.4, 0.5) is 0 Å². The lowest BCUT2D eigenvalue weighted by Gasteiger charge is -2.11. The van der Waals surface area contributed by atoms with Crippen molar-refractivity contribution in [3.05, 3.63) is 28.3 Å². The summed E-state index contributed by atoms with van der Waals surface area (Å²) >= 11 is 6.01. The van der Waals surface area contributed by atoms with Crippen molar-refractivity contribution in [2.45, 2.75) is 13.0 Å². The summed E-state index contributed by atoms with van der Waals surface area (Å²) in [4.78, 5) is 4.90. The summed E-state index contributed by atoms with van der Waals surface area (Å²) in [5.41, 5.74) is 5.15. The predicted molar refractivity (Wildman–Crippen MR) is 54.6 cm³/mol. The SMILES string of the molecule is CONC1COc2c(Cl)ccc(C)c21. The quantitative estimate of drug-likeness (QED) is 0.765. The molecule has 0 amide bonds. The summed E-state index contributed by atoms with van der Waals surface area (Å²) in [6, 6.07) is 3.92. The highest BCUT2D eigenvalue weighted by Gasteiger charge is 2.27. The van der Waals surface area contributed by atoms with Gasteiger partial charge in [0.05, 0.1) is 18.2 Å². The first-order chi connectivity index (χ1) is 6.74. The van der Waals surface area contributed by atoms with Gasteiger partial charge in [0.25, 0.3) is 0 Å². The van der Waals surface area contributed by atoms with Gasteiger partial charge in [0.15, 0.2) is 0 Å². The number of hydroxylamine groups is 1. The van der Waals surface area contributed by atoms with E-state index in [2.05, 4.69) is 5.48 Å². The van der Waals surface area contributed by atoms with Crippen molar-refractivity contribution in [2.24, 2.45) is 0 Å². The molecule has 0 saturated heterocycles. The van der Waals surface area contributed by atoms with E-state index in [-0.39, 0.29) is 6.04 Å². The van der Waals surface area contributed by atoms with E-state index in [4.69, 9.17) is 21.2 Å². The van der Waals surface area contributed by atoms with Crippen molar-refractivity contribution in [3.63, 3.8) is 0 Å². The van der Waals surface area contributed by atoms with Gasteiger partial charge in [-0.25, -0.2) is 0 Å². The minimum Gasteiger partial charge on any atom is -0.490 e. The molecule has 1 aromatic carbocycles. The zero-order valence-electron chi connectivity index (χ0n) is 8.13. The molecule has 1 atom stereocenters. The molecule has 4 heteroatoms. The highest BCUT2D eigenvalue weighted by molar-refractivity contribution is 6.32. The topological polar surface area (TPSA) is 30.5 Å². The van der Waals surface area contributed by atoms with Crippen LogP contribution in [0.5, 0.6) is 5.75 Å². The Morgan fingerprint density at radius 1 is 1.57 bits per heavy atom. The maximum Gasteiger partial charge on any atom is 0.143 e. The summed E-state index contributed by atoms with van der Waals surface area (Å²) in [7, 11) is 1.60. The van der Waals surface area contributed by atoms with Crippen molar-refractivity contribution in [3.8, 4) is 5.75 Å². The molecule has 0 fully saturated rings. The van der Waals surface area contributed by atoms with Crippen LogP contribution in [-0.2, 0) is 4.84 Å². The second-order valence-corrected chi connectivity index (χ2v) is 3.70. The van der Waals surface area contributed by atoms with Crippen LogP contribution in [0.3, 0.4) is 0 Å². The van der Waals surface area contributed by atoms with E-state index in [1.165, 1.54) is 0 Å². The van der Waals surface area contributed by atoms with Gasteiger partial charge in [-0.1, -0.05) is 17.7 Å². The molecule has 0 aliphatic carbocycles. The van der Waals surface area contributed by atoms with E-state index in [1.54, 1.807) is 7.11 Å². The lowest BCUT2D eigenvalue weighted by atomic mass is 10.0. The molecule has 0 spiro atoms. The molecule has 1 aliphatic rings. The van der Waals surface area contributed by atoms with Crippen molar-refractivity contribution >= 4 is 11.6 Å². The van der Waals surface area contributed by atoms with Gasteiger partial charge in [0.1, 0.15) is 12.4 Å². The van der Waals surface area contributed by atoms with E-state index in [0.717, 1.165) is 16.9 Å². The first-order valence-electron chi connectivity index (χ1n) is 4.44.